The Hall–Kier alpha value is -2.52. The van der Waals surface area contributed by atoms with E-state index in [9.17, 15) is 9.18 Å². The number of pyridine rings is 1. The number of aldehydes is 1. The average molecular weight is 326 g/mol. The van der Waals surface area contributed by atoms with Crippen molar-refractivity contribution >= 4 is 34.9 Å². The molecule has 0 bridgehead atoms. The van der Waals surface area contributed by atoms with Crippen molar-refractivity contribution in [2.75, 3.05) is 0 Å². The largest absolute Gasteiger partial charge is 0.299 e. The van der Waals surface area contributed by atoms with E-state index in [0.717, 1.165) is 16.6 Å². The number of rotatable bonds is 3. The summed E-state index contributed by atoms with van der Waals surface area (Å²) in [6.07, 6.45) is 3.72. The fourth-order valence-electron chi connectivity index (χ4n) is 2.67. The van der Waals surface area contributed by atoms with Crippen LogP contribution in [0.4, 0.5) is 4.39 Å². The van der Waals surface area contributed by atoms with Crippen LogP contribution in [-0.4, -0.2) is 11.3 Å². The third-order valence-electron chi connectivity index (χ3n) is 3.66. The second-order valence-corrected chi connectivity index (χ2v) is 5.56. The highest BCUT2D eigenvalue weighted by atomic mass is 35.5. The summed E-state index contributed by atoms with van der Waals surface area (Å²) in [5, 5.41) is 1.30. The minimum atomic E-state index is -0.333. The first-order valence-electron chi connectivity index (χ1n) is 7.08. The SMILES string of the molecule is Cc1nc2ccc(Cl)cc2c(-c2ccccc2F)c1/C=C/C=O. The highest BCUT2D eigenvalue weighted by Gasteiger charge is 2.16. The Morgan fingerprint density at radius 1 is 1.17 bits per heavy atom. The van der Waals surface area contributed by atoms with Crippen molar-refractivity contribution in [3.63, 3.8) is 0 Å². The van der Waals surface area contributed by atoms with E-state index in [2.05, 4.69) is 4.98 Å². The molecule has 0 unspecified atom stereocenters. The molecular formula is C19H13ClFNO. The number of hydrogen-bond acceptors (Lipinski definition) is 2. The third kappa shape index (κ3) is 2.88. The van der Waals surface area contributed by atoms with Crippen molar-refractivity contribution in [3.8, 4) is 11.1 Å². The molecule has 3 rings (SSSR count). The van der Waals surface area contributed by atoms with Gasteiger partial charge in [0, 0.05) is 32.8 Å². The van der Waals surface area contributed by atoms with Crippen LogP contribution >= 0.6 is 11.6 Å². The summed E-state index contributed by atoms with van der Waals surface area (Å²) < 4.78 is 14.4. The van der Waals surface area contributed by atoms with Crippen LogP contribution in [0.25, 0.3) is 28.1 Å². The lowest BCUT2D eigenvalue weighted by molar-refractivity contribution is -0.104. The van der Waals surface area contributed by atoms with Crippen molar-refractivity contribution < 1.29 is 9.18 Å². The molecule has 1 aromatic heterocycles. The van der Waals surface area contributed by atoms with E-state index >= 15 is 0 Å². The smallest absolute Gasteiger partial charge is 0.142 e. The minimum absolute atomic E-state index is 0.333. The number of benzene rings is 2. The standard InChI is InChI=1S/C19H13ClFNO/c1-12-14(6-4-10-23)19(15-5-2-3-7-17(15)21)16-11-13(20)8-9-18(16)22-12/h2-11H,1H3/b6-4+. The maximum atomic E-state index is 14.4. The van der Waals surface area contributed by atoms with E-state index in [-0.39, 0.29) is 5.82 Å². The molecule has 114 valence electrons. The Labute approximate surface area is 138 Å². The quantitative estimate of drug-likeness (QED) is 0.488. The number of halogens is 2. The van der Waals surface area contributed by atoms with Crippen LogP contribution in [0.1, 0.15) is 11.3 Å². The van der Waals surface area contributed by atoms with Crippen LogP contribution in [-0.2, 0) is 4.79 Å². The lowest BCUT2D eigenvalue weighted by Gasteiger charge is -2.14. The maximum absolute atomic E-state index is 14.4. The first kappa shape index (κ1) is 15.4. The molecule has 2 nitrogen and oxygen atoms in total. The highest BCUT2D eigenvalue weighted by molar-refractivity contribution is 6.31. The van der Waals surface area contributed by atoms with E-state index in [1.54, 1.807) is 36.4 Å². The molecule has 0 aliphatic carbocycles. The van der Waals surface area contributed by atoms with E-state index in [1.807, 2.05) is 13.0 Å². The summed E-state index contributed by atoms with van der Waals surface area (Å²) in [6, 6.07) is 11.9. The molecule has 0 saturated carbocycles. The molecule has 0 amide bonds. The number of carbonyl (C=O) groups excluding carboxylic acids is 1. The monoisotopic (exact) mass is 325 g/mol. The number of aromatic nitrogens is 1. The summed E-state index contributed by atoms with van der Waals surface area (Å²) in [5.41, 5.74) is 3.29. The first-order valence-corrected chi connectivity index (χ1v) is 7.46. The molecule has 0 fully saturated rings. The molecule has 3 aromatic rings. The van der Waals surface area contributed by atoms with Crippen LogP contribution in [0.2, 0.25) is 5.02 Å². The maximum Gasteiger partial charge on any atom is 0.142 e. The van der Waals surface area contributed by atoms with Gasteiger partial charge in [-0.1, -0.05) is 29.8 Å². The fourth-order valence-corrected chi connectivity index (χ4v) is 2.84. The van der Waals surface area contributed by atoms with Crippen molar-refractivity contribution in [3.05, 3.63) is 70.6 Å². The molecule has 4 heteroatoms. The summed E-state index contributed by atoms with van der Waals surface area (Å²) in [5.74, 6) is -0.333. The van der Waals surface area contributed by atoms with Crippen LogP contribution in [0.3, 0.4) is 0 Å². The van der Waals surface area contributed by atoms with Crippen molar-refractivity contribution in [2.24, 2.45) is 0 Å². The predicted molar refractivity (Wildman–Crippen MR) is 92.0 cm³/mol. The zero-order valence-corrected chi connectivity index (χ0v) is 13.1. The lowest BCUT2D eigenvalue weighted by Crippen LogP contribution is -1.96. The van der Waals surface area contributed by atoms with Gasteiger partial charge in [-0.2, -0.15) is 0 Å². The van der Waals surface area contributed by atoms with Crippen LogP contribution in [0.5, 0.6) is 0 Å². The lowest BCUT2D eigenvalue weighted by atomic mass is 9.93. The summed E-state index contributed by atoms with van der Waals surface area (Å²) in [6.45, 7) is 1.84. The van der Waals surface area contributed by atoms with Gasteiger partial charge in [0.25, 0.3) is 0 Å². The topological polar surface area (TPSA) is 30.0 Å². The molecule has 0 N–H and O–H groups in total. The second kappa shape index (κ2) is 6.31. The molecule has 23 heavy (non-hydrogen) atoms. The van der Waals surface area contributed by atoms with Crippen molar-refractivity contribution in [1.82, 2.24) is 4.98 Å². The Bertz CT molecular complexity index is 934. The van der Waals surface area contributed by atoms with Gasteiger partial charge < -0.3 is 0 Å². The number of aryl methyl sites for hydroxylation is 1. The van der Waals surface area contributed by atoms with Gasteiger partial charge in [-0.15, -0.1) is 0 Å². The second-order valence-electron chi connectivity index (χ2n) is 5.12. The van der Waals surface area contributed by atoms with Gasteiger partial charge in [0.1, 0.15) is 12.1 Å². The fraction of sp³-hybridized carbons (Fsp3) is 0.0526. The number of nitrogens with zero attached hydrogens (tertiary/aromatic N) is 1. The Kier molecular flexibility index (Phi) is 4.22. The molecule has 1 heterocycles. The highest BCUT2D eigenvalue weighted by Crippen LogP contribution is 2.36. The Balaban J connectivity index is 2.48. The molecule has 0 saturated heterocycles. The van der Waals surface area contributed by atoms with Gasteiger partial charge >= 0.3 is 0 Å². The van der Waals surface area contributed by atoms with E-state index < -0.39 is 0 Å². The molecule has 0 spiro atoms. The molecule has 0 aliphatic heterocycles. The van der Waals surface area contributed by atoms with Crippen LogP contribution < -0.4 is 0 Å². The van der Waals surface area contributed by atoms with Gasteiger partial charge in [0.15, 0.2) is 0 Å². The molecule has 2 aromatic carbocycles. The van der Waals surface area contributed by atoms with Crippen LogP contribution in [0.15, 0.2) is 48.5 Å². The number of hydrogen-bond donors (Lipinski definition) is 0. The first-order chi connectivity index (χ1) is 11.1. The Morgan fingerprint density at radius 3 is 2.70 bits per heavy atom. The van der Waals surface area contributed by atoms with Crippen molar-refractivity contribution in [1.29, 1.82) is 0 Å². The number of fused-ring (bicyclic) bond motifs is 1. The van der Waals surface area contributed by atoms with Gasteiger partial charge in [-0.05, 0) is 43.3 Å². The zero-order valence-electron chi connectivity index (χ0n) is 12.4. The van der Waals surface area contributed by atoms with E-state index in [0.29, 0.717) is 28.0 Å². The van der Waals surface area contributed by atoms with Crippen molar-refractivity contribution in [2.45, 2.75) is 6.92 Å². The van der Waals surface area contributed by atoms with E-state index in [4.69, 9.17) is 11.6 Å². The average Bonchev–Trinajstić information content (AvgIpc) is 2.54. The summed E-state index contributed by atoms with van der Waals surface area (Å²) in [4.78, 5) is 15.3. The Morgan fingerprint density at radius 2 is 1.96 bits per heavy atom. The summed E-state index contributed by atoms with van der Waals surface area (Å²) in [7, 11) is 0. The molecule has 0 radical (unpaired) electrons. The van der Waals surface area contributed by atoms with Crippen LogP contribution in [0, 0.1) is 12.7 Å². The van der Waals surface area contributed by atoms with Gasteiger partial charge in [-0.3, -0.25) is 9.78 Å². The minimum Gasteiger partial charge on any atom is -0.299 e. The normalized spacial score (nSPS) is 11.3. The molecular weight excluding hydrogens is 313 g/mol. The third-order valence-corrected chi connectivity index (χ3v) is 3.89. The van der Waals surface area contributed by atoms with Gasteiger partial charge in [0.05, 0.1) is 5.52 Å². The number of allylic oxidation sites excluding steroid dienone is 1. The van der Waals surface area contributed by atoms with E-state index in [1.165, 1.54) is 12.1 Å². The molecule has 0 aliphatic rings. The van der Waals surface area contributed by atoms with Gasteiger partial charge in [0.2, 0.25) is 0 Å². The predicted octanol–water partition coefficient (Wildman–Crippen LogP) is 5.21. The van der Waals surface area contributed by atoms with Gasteiger partial charge in [-0.25, -0.2) is 4.39 Å². The molecule has 0 atom stereocenters. The number of carbonyl (C=O) groups is 1. The summed E-state index contributed by atoms with van der Waals surface area (Å²) >= 11 is 6.12. The zero-order chi connectivity index (χ0) is 16.4.